The number of ether oxygens (including phenoxy) is 1. The number of anilines is 2. The van der Waals surface area contributed by atoms with Gasteiger partial charge in [0, 0.05) is 22.8 Å². The Morgan fingerprint density at radius 1 is 1.21 bits per heavy atom. The van der Waals surface area contributed by atoms with E-state index in [4.69, 9.17) is 4.74 Å². The summed E-state index contributed by atoms with van der Waals surface area (Å²) in [5.74, 6) is 0.275. The second-order valence-electron chi connectivity index (χ2n) is 5.63. The first-order valence-corrected chi connectivity index (χ1v) is 7.60. The topological polar surface area (TPSA) is 83.2 Å². The maximum absolute atomic E-state index is 12.3. The fourth-order valence-corrected chi connectivity index (χ4v) is 2.82. The lowest BCUT2D eigenvalue weighted by molar-refractivity contribution is -0.118. The van der Waals surface area contributed by atoms with Gasteiger partial charge in [-0.05, 0) is 29.8 Å². The Morgan fingerprint density at radius 2 is 2.08 bits per heavy atom. The molecule has 0 fully saturated rings. The van der Waals surface area contributed by atoms with Gasteiger partial charge < -0.3 is 20.4 Å². The van der Waals surface area contributed by atoms with Crippen molar-refractivity contribution in [1.29, 1.82) is 0 Å². The first-order valence-electron chi connectivity index (χ1n) is 7.60. The predicted octanol–water partition coefficient (Wildman–Crippen LogP) is 2.68. The predicted molar refractivity (Wildman–Crippen MR) is 91.2 cm³/mol. The number of H-pyrrole nitrogens is 1. The van der Waals surface area contributed by atoms with Gasteiger partial charge in [-0.1, -0.05) is 18.2 Å². The number of benzene rings is 2. The lowest BCUT2D eigenvalue weighted by atomic mass is 10.1. The van der Waals surface area contributed by atoms with Gasteiger partial charge in [-0.3, -0.25) is 9.59 Å². The van der Waals surface area contributed by atoms with Crippen LogP contribution in [-0.2, 0) is 16.0 Å². The van der Waals surface area contributed by atoms with Crippen molar-refractivity contribution in [3.8, 4) is 5.75 Å². The highest BCUT2D eigenvalue weighted by Crippen LogP contribution is 2.30. The number of aromatic nitrogens is 1. The van der Waals surface area contributed by atoms with Crippen LogP contribution in [0.25, 0.3) is 10.9 Å². The van der Waals surface area contributed by atoms with Crippen LogP contribution >= 0.6 is 0 Å². The first kappa shape index (κ1) is 14.3. The number of hydrogen-bond donors (Lipinski definition) is 3. The maximum Gasteiger partial charge on any atom is 0.262 e. The Kier molecular flexibility index (Phi) is 3.42. The molecule has 2 aromatic carbocycles. The summed E-state index contributed by atoms with van der Waals surface area (Å²) < 4.78 is 5.30. The number of carbonyl (C=O) groups excluding carboxylic acids is 2. The quantitative estimate of drug-likeness (QED) is 0.693. The highest BCUT2D eigenvalue weighted by molar-refractivity contribution is 5.99. The van der Waals surface area contributed by atoms with Crippen LogP contribution in [-0.4, -0.2) is 23.4 Å². The average Bonchev–Trinajstić information content (AvgIpc) is 2.97. The van der Waals surface area contributed by atoms with Crippen molar-refractivity contribution in [2.75, 3.05) is 17.2 Å². The fourth-order valence-electron chi connectivity index (χ4n) is 2.82. The molecule has 120 valence electrons. The molecule has 1 aromatic heterocycles. The largest absolute Gasteiger partial charge is 0.482 e. The van der Waals surface area contributed by atoms with Gasteiger partial charge in [0.1, 0.15) is 5.75 Å². The van der Waals surface area contributed by atoms with E-state index in [1.165, 1.54) is 0 Å². The second-order valence-corrected chi connectivity index (χ2v) is 5.63. The lowest BCUT2D eigenvalue weighted by Crippen LogP contribution is -2.25. The number of para-hydroxylation sites is 1. The summed E-state index contributed by atoms with van der Waals surface area (Å²) >= 11 is 0. The molecular weight excluding hydrogens is 306 g/mol. The van der Waals surface area contributed by atoms with Crippen LogP contribution < -0.4 is 15.4 Å². The monoisotopic (exact) mass is 321 g/mol. The minimum absolute atomic E-state index is 0.0132. The summed E-state index contributed by atoms with van der Waals surface area (Å²) in [6.45, 7) is 0.0132. The standard InChI is InChI=1S/C18H15N3O3/c22-17(7-11-9-19-14-4-2-1-3-13(11)14)20-12-5-6-16-15(8-12)21-18(23)10-24-16/h1-6,8-9,19H,7,10H2,(H,20,22)(H,21,23). The van der Waals surface area contributed by atoms with Crippen LogP contribution in [0.3, 0.4) is 0 Å². The fraction of sp³-hybridized carbons (Fsp3) is 0.111. The Balaban J connectivity index is 1.50. The van der Waals surface area contributed by atoms with E-state index in [-0.39, 0.29) is 24.8 Å². The molecule has 0 radical (unpaired) electrons. The molecule has 24 heavy (non-hydrogen) atoms. The summed E-state index contributed by atoms with van der Waals surface area (Å²) in [6.07, 6.45) is 2.12. The molecule has 0 bridgehead atoms. The summed E-state index contributed by atoms with van der Waals surface area (Å²) in [5, 5.41) is 6.61. The molecule has 1 aliphatic heterocycles. The van der Waals surface area contributed by atoms with Gasteiger partial charge in [-0.25, -0.2) is 0 Å². The van der Waals surface area contributed by atoms with Crippen LogP contribution in [0, 0.1) is 0 Å². The molecule has 0 spiro atoms. The zero-order valence-electron chi connectivity index (χ0n) is 12.8. The molecule has 3 aromatic rings. The molecule has 6 nitrogen and oxygen atoms in total. The van der Waals surface area contributed by atoms with Gasteiger partial charge in [-0.2, -0.15) is 0 Å². The van der Waals surface area contributed by atoms with Crippen molar-refractivity contribution in [3.63, 3.8) is 0 Å². The van der Waals surface area contributed by atoms with Gasteiger partial charge in [0.2, 0.25) is 5.91 Å². The first-order chi connectivity index (χ1) is 11.7. The SMILES string of the molecule is O=C(Cc1c[nH]c2ccccc12)Nc1ccc2c(c1)NC(=O)CO2. The molecule has 0 saturated carbocycles. The van der Waals surface area contributed by atoms with E-state index in [1.807, 2.05) is 30.5 Å². The molecular formula is C18H15N3O3. The second kappa shape index (κ2) is 5.73. The molecule has 1 aliphatic rings. The maximum atomic E-state index is 12.3. The van der Waals surface area contributed by atoms with E-state index >= 15 is 0 Å². The van der Waals surface area contributed by atoms with Crippen LogP contribution in [0.2, 0.25) is 0 Å². The molecule has 4 rings (SSSR count). The van der Waals surface area contributed by atoms with Gasteiger partial charge in [-0.15, -0.1) is 0 Å². The van der Waals surface area contributed by atoms with Crippen molar-refractivity contribution in [2.45, 2.75) is 6.42 Å². The van der Waals surface area contributed by atoms with E-state index in [9.17, 15) is 9.59 Å². The van der Waals surface area contributed by atoms with E-state index in [2.05, 4.69) is 15.6 Å². The summed E-state index contributed by atoms with van der Waals surface area (Å²) in [7, 11) is 0. The van der Waals surface area contributed by atoms with Gasteiger partial charge in [0.25, 0.3) is 5.91 Å². The Labute approximate surface area is 137 Å². The van der Waals surface area contributed by atoms with Crippen molar-refractivity contribution in [1.82, 2.24) is 4.98 Å². The summed E-state index contributed by atoms with van der Waals surface area (Å²) in [5.41, 5.74) is 3.13. The highest BCUT2D eigenvalue weighted by atomic mass is 16.5. The highest BCUT2D eigenvalue weighted by Gasteiger charge is 2.16. The summed E-state index contributed by atoms with van der Waals surface area (Å²) in [4.78, 5) is 26.8. The van der Waals surface area contributed by atoms with E-state index < -0.39 is 0 Å². The zero-order valence-corrected chi connectivity index (χ0v) is 12.8. The van der Waals surface area contributed by atoms with Gasteiger partial charge in [0.15, 0.2) is 6.61 Å². The van der Waals surface area contributed by atoms with Crippen molar-refractivity contribution in [2.24, 2.45) is 0 Å². The number of amides is 2. The van der Waals surface area contributed by atoms with Gasteiger partial charge in [0.05, 0.1) is 12.1 Å². The molecule has 2 heterocycles. The van der Waals surface area contributed by atoms with Crippen LogP contribution in [0.4, 0.5) is 11.4 Å². The number of hydrogen-bond acceptors (Lipinski definition) is 3. The van der Waals surface area contributed by atoms with Crippen molar-refractivity contribution in [3.05, 3.63) is 54.2 Å². The molecule has 0 atom stereocenters. The van der Waals surface area contributed by atoms with E-state index in [0.29, 0.717) is 17.1 Å². The Hall–Kier alpha value is -3.28. The lowest BCUT2D eigenvalue weighted by Gasteiger charge is -2.18. The molecule has 0 saturated heterocycles. The third kappa shape index (κ3) is 2.69. The van der Waals surface area contributed by atoms with Crippen molar-refractivity contribution >= 4 is 34.1 Å². The molecule has 0 unspecified atom stereocenters. The average molecular weight is 321 g/mol. The Morgan fingerprint density at radius 3 is 3.00 bits per heavy atom. The summed E-state index contributed by atoms with van der Waals surface area (Å²) in [6, 6.07) is 13.0. The minimum atomic E-state index is -0.204. The van der Waals surface area contributed by atoms with E-state index in [0.717, 1.165) is 16.5 Å². The number of aromatic amines is 1. The third-order valence-corrected chi connectivity index (χ3v) is 3.92. The van der Waals surface area contributed by atoms with E-state index in [1.54, 1.807) is 18.2 Å². The van der Waals surface area contributed by atoms with Crippen LogP contribution in [0.15, 0.2) is 48.7 Å². The third-order valence-electron chi connectivity index (χ3n) is 3.92. The van der Waals surface area contributed by atoms with Gasteiger partial charge >= 0.3 is 0 Å². The van der Waals surface area contributed by atoms with Crippen LogP contribution in [0.5, 0.6) is 5.75 Å². The number of carbonyl (C=O) groups is 2. The normalized spacial score (nSPS) is 13.1. The molecule has 6 heteroatoms. The molecule has 3 N–H and O–H groups in total. The number of rotatable bonds is 3. The van der Waals surface area contributed by atoms with Crippen molar-refractivity contribution < 1.29 is 14.3 Å². The zero-order chi connectivity index (χ0) is 16.5. The van der Waals surface area contributed by atoms with Crippen LogP contribution in [0.1, 0.15) is 5.56 Å². The minimum Gasteiger partial charge on any atom is -0.482 e. The molecule has 0 aliphatic carbocycles. The smallest absolute Gasteiger partial charge is 0.262 e. The Bertz CT molecular complexity index is 946. The molecule has 2 amide bonds. The number of fused-ring (bicyclic) bond motifs is 2. The number of nitrogens with one attached hydrogen (secondary N) is 3.